The summed E-state index contributed by atoms with van der Waals surface area (Å²) in [6, 6.07) is 13.8. The van der Waals surface area contributed by atoms with Crippen LogP contribution in [-0.2, 0) is 0 Å². The lowest BCUT2D eigenvalue weighted by Crippen LogP contribution is -1.90. The van der Waals surface area contributed by atoms with Gasteiger partial charge in [-0.05, 0) is 48.7 Å². The summed E-state index contributed by atoms with van der Waals surface area (Å²) in [7, 11) is 0. The normalized spacial score (nSPS) is 10.6. The molecular weight excluding hydrogens is 372 g/mol. The highest BCUT2D eigenvalue weighted by Crippen LogP contribution is 2.35. The van der Waals surface area contributed by atoms with E-state index in [0.29, 0.717) is 10.5 Å². The molecule has 0 spiro atoms. The number of ether oxygens (including phenoxy) is 1. The topological polar surface area (TPSA) is 35.0 Å². The lowest BCUT2D eigenvalue weighted by atomic mass is 10.1. The van der Waals surface area contributed by atoms with Crippen molar-refractivity contribution in [3.05, 3.63) is 57.9 Å². The standard InChI is InChI=1S/C14H8Br2N2O/c15-12-7-13(18-8-17-12)19-11-6-5-9-3-1-2-4-10(9)14(11)16/h1-8H. The van der Waals surface area contributed by atoms with Gasteiger partial charge in [-0.1, -0.05) is 30.3 Å². The molecule has 0 aliphatic carbocycles. The lowest BCUT2D eigenvalue weighted by molar-refractivity contribution is 0.459. The first kappa shape index (κ1) is 12.6. The van der Waals surface area contributed by atoms with Crippen LogP contribution in [0.2, 0.25) is 0 Å². The number of aromatic nitrogens is 2. The van der Waals surface area contributed by atoms with Gasteiger partial charge in [0.15, 0.2) is 0 Å². The van der Waals surface area contributed by atoms with Crippen LogP contribution >= 0.6 is 31.9 Å². The SMILES string of the molecule is Brc1cc(Oc2ccc3ccccc3c2Br)ncn1. The monoisotopic (exact) mass is 378 g/mol. The van der Waals surface area contributed by atoms with Crippen LogP contribution in [0.3, 0.4) is 0 Å². The van der Waals surface area contributed by atoms with Gasteiger partial charge in [0.2, 0.25) is 5.88 Å². The molecule has 0 saturated carbocycles. The third-order valence-electron chi connectivity index (χ3n) is 2.65. The highest BCUT2D eigenvalue weighted by molar-refractivity contribution is 9.11. The van der Waals surface area contributed by atoms with E-state index in [4.69, 9.17) is 4.74 Å². The Morgan fingerprint density at radius 3 is 2.63 bits per heavy atom. The van der Waals surface area contributed by atoms with E-state index >= 15 is 0 Å². The maximum absolute atomic E-state index is 5.77. The predicted octanol–water partition coefficient (Wildman–Crippen LogP) is 4.95. The van der Waals surface area contributed by atoms with Crippen molar-refractivity contribution in [2.24, 2.45) is 0 Å². The molecule has 19 heavy (non-hydrogen) atoms. The second-order valence-electron chi connectivity index (χ2n) is 3.88. The van der Waals surface area contributed by atoms with E-state index in [-0.39, 0.29) is 0 Å². The fourth-order valence-electron chi connectivity index (χ4n) is 1.78. The molecule has 0 radical (unpaired) electrons. The van der Waals surface area contributed by atoms with Crippen LogP contribution in [0.1, 0.15) is 0 Å². The molecule has 3 nitrogen and oxygen atoms in total. The fourth-order valence-corrected chi connectivity index (χ4v) is 2.64. The minimum atomic E-state index is 0.498. The van der Waals surface area contributed by atoms with Gasteiger partial charge in [0.25, 0.3) is 0 Å². The fraction of sp³-hybridized carbons (Fsp3) is 0. The molecule has 0 bridgehead atoms. The van der Waals surface area contributed by atoms with E-state index in [9.17, 15) is 0 Å². The molecule has 0 atom stereocenters. The lowest BCUT2D eigenvalue weighted by Gasteiger charge is -2.09. The third-order valence-corrected chi connectivity index (χ3v) is 3.90. The van der Waals surface area contributed by atoms with Crippen molar-refractivity contribution in [3.63, 3.8) is 0 Å². The summed E-state index contributed by atoms with van der Waals surface area (Å²) < 4.78 is 7.38. The summed E-state index contributed by atoms with van der Waals surface area (Å²) in [5.41, 5.74) is 0. The number of hydrogen-bond acceptors (Lipinski definition) is 3. The van der Waals surface area contributed by atoms with Crippen molar-refractivity contribution in [3.8, 4) is 11.6 Å². The molecule has 0 saturated heterocycles. The van der Waals surface area contributed by atoms with Crippen LogP contribution < -0.4 is 4.74 Å². The summed E-state index contributed by atoms with van der Waals surface area (Å²) in [4.78, 5) is 8.04. The number of halogens is 2. The Morgan fingerprint density at radius 1 is 0.947 bits per heavy atom. The molecule has 2 aromatic carbocycles. The molecular formula is C14H8Br2N2O. The number of nitrogens with zero attached hydrogens (tertiary/aromatic N) is 2. The second kappa shape index (κ2) is 5.27. The van der Waals surface area contributed by atoms with Gasteiger partial charge >= 0.3 is 0 Å². The largest absolute Gasteiger partial charge is 0.438 e. The average Bonchev–Trinajstić information content (AvgIpc) is 2.42. The number of benzene rings is 2. The van der Waals surface area contributed by atoms with Crippen LogP contribution in [0.15, 0.2) is 57.9 Å². The van der Waals surface area contributed by atoms with Crippen LogP contribution in [0, 0.1) is 0 Å². The van der Waals surface area contributed by atoms with E-state index in [1.54, 1.807) is 6.07 Å². The Morgan fingerprint density at radius 2 is 1.79 bits per heavy atom. The van der Waals surface area contributed by atoms with Crippen molar-refractivity contribution in [1.29, 1.82) is 0 Å². The Hall–Kier alpha value is -1.46. The van der Waals surface area contributed by atoms with Crippen molar-refractivity contribution < 1.29 is 4.74 Å². The van der Waals surface area contributed by atoms with E-state index in [2.05, 4.69) is 47.9 Å². The molecule has 1 aromatic heterocycles. The van der Waals surface area contributed by atoms with E-state index < -0.39 is 0 Å². The van der Waals surface area contributed by atoms with Crippen LogP contribution in [0.4, 0.5) is 0 Å². The van der Waals surface area contributed by atoms with Crippen LogP contribution in [0.25, 0.3) is 10.8 Å². The molecule has 1 heterocycles. The molecule has 94 valence electrons. The van der Waals surface area contributed by atoms with E-state index in [0.717, 1.165) is 21.0 Å². The zero-order valence-electron chi connectivity index (χ0n) is 9.68. The Labute approximate surface area is 126 Å². The van der Waals surface area contributed by atoms with Gasteiger partial charge in [-0.25, -0.2) is 9.97 Å². The zero-order chi connectivity index (χ0) is 13.2. The zero-order valence-corrected chi connectivity index (χ0v) is 12.8. The van der Waals surface area contributed by atoms with Gasteiger partial charge in [-0.2, -0.15) is 0 Å². The molecule has 3 aromatic rings. The highest BCUT2D eigenvalue weighted by atomic mass is 79.9. The first-order valence-corrected chi connectivity index (χ1v) is 7.15. The molecule has 0 aliphatic heterocycles. The first-order chi connectivity index (χ1) is 9.24. The second-order valence-corrected chi connectivity index (χ2v) is 5.49. The third kappa shape index (κ3) is 2.62. The molecule has 0 fully saturated rings. The first-order valence-electron chi connectivity index (χ1n) is 5.57. The molecule has 3 rings (SSSR count). The molecule has 0 N–H and O–H groups in total. The molecule has 0 unspecified atom stereocenters. The van der Waals surface area contributed by atoms with Gasteiger partial charge in [0.05, 0.1) is 4.47 Å². The smallest absolute Gasteiger partial charge is 0.223 e. The predicted molar refractivity (Wildman–Crippen MR) is 81.5 cm³/mol. The highest BCUT2D eigenvalue weighted by Gasteiger charge is 2.08. The maximum atomic E-state index is 5.77. The van der Waals surface area contributed by atoms with Crippen LogP contribution in [-0.4, -0.2) is 9.97 Å². The summed E-state index contributed by atoms with van der Waals surface area (Å²) in [6.07, 6.45) is 1.45. The molecule has 5 heteroatoms. The molecule has 0 aliphatic rings. The van der Waals surface area contributed by atoms with Gasteiger partial charge in [0, 0.05) is 6.07 Å². The average molecular weight is 380 g/mol. The summed E-state index contributed by atoms with van der Waals surface area (Å²) in [6.45, 7) is 0. The quantitative estimate of drug-likeness (QED) is 0.591. The Bertz CT molecular complexity index is 746. The van der Waals surface area contributed by atoms with Crippen molar-refractivity contribution in [1.82, 2.24) is 9.97 Å². The van der Waals surface area contributed by atoms with Gasteiger partial charge in [-0.3, -0.25) is 0 Å². The van der Waals surface area contributed by atoms with E-state index in [1.165, 1.54) is 6.33 Å². The maximum Gasteiger partial charge on any atom is 0.223 e. The van der Waals surface area contributed by atoms with Crippen molar-refractivity contribution in [2.45, 2.75) is 0 Å². The number of rotatable bonds is 2. The summed E-state index contributed by atoms with van der Waals surface area (Å²) >= 11 is 6.87. The van der Waals surface area contributed by atoms with Crippen LogP contribution in [0.5, 0.6) is 11.6 Å². The summed E-state index contributed by atoms with van der Waals surface area (Å²) in [5.74, 6) is 1.22. The molecule has 0 amide bonds. The van der Waals surface area contributed by atoms with E-state index in [1.807, 2.05) is 30.3 Å². The minimum absolute atomic E-state index is 0.498. The van der Waals surface area contributed by atoms with Gasteiger partial charge < -0.3 is 4.74 Å². The summed E-state index contributed by atoms with van der Waals surface area (Å²) in [5, 5.41) is 2.26. The van der Waals surface area contributed by atoms with Gasteiger partial charge in [0.1, 0.15) is 16.7 Å². The number of hydrogen-bond donors (Lipinski definition) is 0. The minimum Gasteiger partial charge on any atom is -0.438 e. The number of fused-ring (bicyclic) bond motifs is 1. The Balaban J connectivity index is 2.04. The van der Waals surface area contributed by atoms with Gasteiger partial charge in [-0.15, -0.1) is 0 Å². The Kier molecular flexibility index (Phi) is 3.48. The van der Waals surface area contributed by atoms with Crippen molar-refractivity contribution >= 4 is 42.6 Å². The van der Waals surface area contributed by atoms with Crippen molar-refractivity contribution in [2.75, 3.05) is 0 Å².